The maximum absolute atomic E-state index is 5.58. The Labute approximate surface area is 97.0 Å². The van der Waals surface area contributed by atoms with E-state index in [4.69, 9.17) is 11.2 Å². The lowest BCUT2D eigenvalue weighted by Crippen LogP contribution is -2.22. The molecule has 1 aromatic rings. The third-order valence-corrected chi connectivity index (χ3v) is 3.12. The minimum Gasteiger partial charge on any atom is -0.481 e. The fourth-order valence-corrected chi connectivity index (χ4v) is 2.37. The first-order valence-electron chi connectivity index (χ1n) is 5.72. The number of nitrogens with one attached hydrogen (secondary N) is 1. The fraction of sp³-hybridized carbons (Fsp3) is 0.429. The zero-order valence-electron chi connectivity index (χ0n) is 9.62. The van der Waals surface area contributed by atoms with Crippen molar-refractivity contribution in [2.75, 3.05) is 13.7 Å². The fourth-order valence-electron chi connectivity index (χ4n) is 2.37. The molecule has 2 rings (SSSR count). The highest BCUT2D eigenvalue weighted by molar-refractivity contribution is 5.43. The molecule has 0 saturated carbocycles. The van der Waals surface area contributed by atoms with E-state index in [9.17, 15) is 0 Å². The Morgan fingerprint density at radius 3 is 3.19 bits per heavy atom. The molecule has 1 aliphatic rings. The van der Waals surface area contributed by atoms with Crippen molar-refractivity contribution >= 4 is 0 Å². The van der Waals surface area contributed by atoms with E-state index in [0.717, 1.165) is 12.2 Å². The first-order valence-corrected chi connectivity index (χ1v) is 5.72. The standard InChI is InChI=1S/C14H17NO/c1-3-10-16-14-9-5-6-11-12(14)7-4-8-13(11)15-2/h1,5-6,9,13,15H,4,7-8,10H2,2H3. The Kier molecular flexibility index (Phi) is 3.48. The molecule has 2 heteroatoms. The van der Waals surface area contributed by atoms with Gasteiger partial charge in [-0.1, -0.05) is 18.1 Å². The highest BCUT2D eigenvalue weighted by atomic mass is 16.5. The number of benzene rings is 1. The molecule has 16 heavy (non-hydrogen) atoms. The second kappa shape index (κ2) is 5.05. The van der Waals surface area contributed by atoms with Crippen LogP contribution in [0.1, 0.15) is 30.0 Å². The second-order valence-electron chi connectivity index (χ2n) is 4.05. The molecular weight excluding hydrogens is 198 g/mol. The van der Waals surface area contributed by atoms with Crippen molar-refractivity contribution in [1.29, 1.82) is 0 Å². The van der Waals surface area contributed by atoms with Gasteiger partial charge in [-0.15, -0.1) is 6.42 Å². The minimum atomic E-state index is 0.348. The lowest BCUT2D eigenvalue weighted by atomic mass is 9.87. The molecule has 0 amide bonds. The molecule has 0 saturated heterocycles. The predicted molar refractivity (Wildman–Crippen MR) is 65.5 cm³/mol. The molecule has 1 atom stereocenters. The van der Waals surface area contributed by atoms with Gasteiger partial charge in [-0.2, -0.15) is 0 Å². The van der Waals surface area contributed by atoms with E-state index in [0.29, 0.717) is 12.6 Å². The molecule has 0 aromatic heterocycles. The first kappa shape index (κ1) is 11.0. The van der Waals surface area contributed by atoms with Crippen LogP contribution in [0.4, 0.5) is 0 Å². The van der Waals surface area contributed by atoms with E-state index < -0.39 is 0 Å². The number of hydrogen-bond acceptors (Lipinski definition) is 2. The van der Waals surface area contributed by atoms with E-state index >= 15 is 0 Å². The smallest absolute Gasteiger partial charge is 0.148 e. The zero-order valence-corrected chi connectivity index (χ0v) is 9.62. The van der Waals surface area contributed by atoms with Crippen LogP contribution in [-0.4, -0.2) is 13.7 Å². The van der Waals surface area contributed by atoms with Crippen molar-refractivity contribution in [1.82, 2.24) is 5.32 Å². The molecule has 0 spiro atoms. The average molecular weight is 215 g/mol. The summed E-state index contributed by atoms with van der Waals surface area (Å²) in [6.07, 6.45) is 8.71. The molecule has 84 valence electrons. The summed E-state index contributed by atoms with van der Waals surface area (Å²) in [5.41, 5.74) is 2.69. The van der Waals surface area contributed by atoms with Crippen LogP contribution < -0.4 is 10.1 Å². The van der Waals surface area contributed by atoms with Crippen LogP contribution in [0.3, 0.4) is 0 Å². The van der Waals surface area contributed by atoms with Gasteiger partial charge in [-0.3, -0.25) is 0 Å². The molecule has 0 fully saturated rings. The Bertz CT molecular complexity index is 406. The van der Waals surface area contributed by atoms with E-state index in [1.54, 1.807) is 0 Å². The molecular formula is C14H17NO. The zero-order chi connectivity index (χ0) is 11.4. The molecule has 1 aliphatic carbocycles. The highest BCUT2D eigenvalue weighted by Gasteiger charge is 2.21. The summed E-state index contributed by atoms with van der Waals surface area (Å²) in [6.45, 7) is 0.348. The van der Waals surface area contributed by atoms with Gasteiger partial charge in [-0.05, 0) is 43.5 Å². The number of terminal acetylenes is 1. The molecule has 1 N–H and O–H groups in total. The number of rotatable bonds is 3. The van der Waals surface area contributed by atoms with E-state index in [1.165, 1.54) is 24.0 Å². The monoisotopic (exact) mass is 215 g/mol. The van der Waals surface area contributed by atoms with Crippen LogP contribution in [0.2, 0.25) is 0 Å². The van der Waals surface area contributed by atoms with Gasteiger partial charge in [0.25, 0.3) is 0 Å². The van der Waals surface area contributed by atoms with Gasteiger partial charge in [-0.25, -0.2) is 0 Å². The molecule has 1 aromatic carbocycles. The number of ether oxygens (including phenoxy) is 1. The van der Waals surface area contributed by atoms with Crippen molar-refractivity contribution < 1.29 is 4.74 Å². The summed E-state index contributed by atoms with van der Waals surface area (Å²) in [4.78, 5) is 0. The molecule has 0 heterocycles. The van der Waals surface area contributed by atoms with Gasteiger partial charge in [0.15, 0.2) is 0 Å². The third kappa shape index (κ3) is 2.05. The molecule has 0 bridgehead atoms. The lowest BCUT2D eigenvalue weighted by molar-refractivity contribution is 0.360. The molecule has 1 unspecified atom stereocenters. The van der Waals surface area contributed by atoms with Gasteiger partial charge in [0.2, 0.25) is 0 Å². The van der Waals surface area contributed by atoms with E-state index in [-0.39, 0.29) is 0 Å². The maximum Gasteiger partial charge on any atom is 0.148 e. The summed E-state index contributed by atoms with van der Waals surface area (Å²) in [5, 5.41) is 3.35. The van der Waals surface area contributed by atoms with Crippen LogP contribution in [0.15, 0.2) is 18.2 Å². The van der Waals surface area contributed by atoms with Crippen molar-refractivity contribution in [3.8, 4) is 18.1 Å². The SMILES string of the molecule is C#CCOc1cccc2c1CCCC2NC. The van der Waals surface area contributed by atoms with Crippen LogP contribution in [0.25, 0.3) is 0 Å². The molecule has 0 radical (unpaired) electrons. The van der Waals surface area contributed by atoms with Crippen LogP contribution in [0.5, 0.6) is 5.75 Å². The topological polar surface area (TPSA) is 21.3 Å². The first-order chi connectivity index (χ1) is 7.86. The Hall–Kier alpha value is -1.46. The third-order valence-electron chi connectivity index (χ3n) is 3.12. The van der Waals surface area contributed by atoms with Crippen molar-refractivity contribution in [3.05, 3.63) is 29.3 Å². The number of fused-ring (bicyclic) bond motifs is 1. The maximum atomic E-state index is 5.58. The van der Waals surface area contributed by atoms with E-state index in [2.05, 4.69) is 17.3 Å². The van der Waals surface area contributed by atoms with Gasteiger partial charge in [0, 0.05) is 6.04 Å². The Balaban J connectivity index is 2.31. The lowest BCUT2D eigenvalue weighted by Gasteiger charge is -2.26. The summed E-state index contributed by atoms with van der Waals surface area (Å²) in [5.74, 6) is 3.46. The second-order valence-corrected chi connectivity index (χ2v) is 4.05. The van der Waals surface area contributed by atoms with Crippen LogP contribution in [-0.2, 0) is 6.42 Å². The van der Waals surface area contributed by atoms with E-state index in [1.807, 2.05) is 19.2 Å². The van der Waals surface area contributed by atoms with Crippen molar-refractivity contribution in [2.24, 2.45) is 0 Å². The Morgan fingerprint density at radius 1 is 1.56 bits per heavy atom. The van der Waals surface area contributed by atoms with Gasteiger partial charge in [0.1, 0.15) is 12.4 Å². The van der Waals surface area contributed by atoms with Gasteiger partial charge < -0.3 is 10.1 Å². The highest BCUT2D eigenvalue weighted by Crippen LogP contribution is 2.34. The molecule has 2 nitrogen and oxygen atoms in total. The largest absolute Gasteiger partial charge is 0.481 e. The quantitative estimate of drug-likeness (QED) is 0.781. The summed E-state index contributed by atoms with van der Waals surface area (Å²) in [7, 11) is 2.01. The molecule has 0 aliphatic heterocycles. The van der Waals surface area contributed by atoms with Crippen molar-refractivity contribution in [2.45, 2.75) is 25.3 Å². The summed E-state index contributed by atoms with van der Waals surface area (Å²) >= 11 is 0. The van der Waals surface area contributed by atoms with Gasteiger partial charge >= 0.3 is 0 Å². The Morgan fingerprint density at radius 2 is 2.44 bits per heavy atom. The predicted octanol–water partition coefficient (Wildman–Crippen LogP) is 2.30. The minimum absolute atomic E-state index is 0.348. The number of hydrogen-bond donors (Lipinski definition) is 1. The van der Waals surface area contributed by atoms with Crippen LogP contribution >= 0.6 is 0 Å². The van der Waals surface area contributed by atoms with Crippen LogP contribution in [0, 0.1) is 12.3 Å². The summed E-state index contributed by atoms with van der Waals surface area (Å²) in [6, 6.07) is 6.69. The summed E-state index contributed by atoms with van der Waals surface area (Å²) < 4.78 is 5.58. The normalized spacial score (nSPS) is 18.6. The average Bonchev–Trinajstić information content (AvgIpc) is 2.35. The van der Waals surface area contributed by atoms with Gasteiger partial charge in [0.05, 0.1) is 0 Å². The van der Waals surface area contributed by atoms with Crippen molar-refractivity contribution in [3.63, 3.8) is 0 Å².